The molecule has 0 aliphatic carbocycles. The number of hydrogen-bond acceptors (Lipinski definition) is 5. The number of halogens is 1. The Labute approximate surface area is 122 Å². The van der Waals surface area contributed by atoms with Gasteiger partial charge in [0.05, 0.1) is 4.88 Å². The summed E-state index contributed by atoms with van der Waals surface area (Å²) in [5.74, 6) is 1.14. The van der Waals surface area contributed by atoms with Crippen molar-refractivity contribution >= 4 is 33.0 Å². The van der Waals surface area contributed by atoms with Gasteiger partial charge in [-0.2, -0.15) is 4.98 Å². The standard InChI is InChI=1S/C13H10BrN3OS/c1-15-10-4-2-8(3-5-10)13-16-12(17-18-13)11-6-9(14)7-19-11/h2-7,15H,1H3. The van der Waals surface area contributed by atoms with Gasteiger partial charge >= 0.3 is 0 Å². The minimum Gasteiger partial charge on any atom is -0.388 e. The molecule has 2 heterocycles. The van der Waals surface area contributed by atoms with Gasteiger partial charge in [0.1, 0.15) is 0 Å². The summed E-state index contributed by atoms with van der Waals surface area (Å²) in [6, 6.07) is 9.83. The Balaban J connectivity index is 1.91. The third-order valence-electron chi connectivity index (χ3n) is 2.63. The maximum absolute atomic E-state index is 5.30. The molecular weight excluding hydrogens is 326 g/mol. The number of thiophene rings is 1. The van der Waals surface area contributed by atoms with Crippen LogP contribution in [-0.2, 0) is 0 Å². The molecule has 4 nitrogen and oxygen atoms in total. The number of nitrogens with zero attached hydrogens (tertiary/aromatic N) is 2. The van der Waals surface area contributed by atoms with Gasteiger partial charge in [-0.25, -0.2) is 0 Å². The number of nitrogens with one attached hydrogen (secondary N) is 1. The van der Waals surface area contributed by atoms with Crippen molar-refractivity contribution in [3.63, 3.8) is 0 Å². The molecule has 6 heteroatoms. The predicted octanol–water partition coefficient (Wildman–Crippen LogP) is 4.27. The first kappa shape index (κ1) is 12.4. The van der Waals surface area contributed by atoms with Crippen molar-refractivity contribution in [3.8, 4) is 22.2 Å². The van der Waals surface area contributed by atoms with Gasteiger partial charge in [0.15, 0.2) is 0 Å². The summed E-state index contributed by atoms with van der Waals surface area (Å²) < 4.78 is 6.32. The smallest absolute Gasteiger partial charge is 0.258 e. The fourth-order valence-corrected chi connectivity index (χ4v) is 3.00. The SMILES string of the molecule is CNc1ccc(-c2nc(-c3cc(Br)cs3)no2)cc1. The van der Waals surface area contributed by atoms with E-state index in [2.05, 4.69) is 31.4 Å². The average molecular weight is 336 g/mol. The van der Waals surface area contributed by atoms with Crippen LogP contribution in [0.15, 0.2) is 44.7 Å². The first-order chi connectivity index (χ1) is 9.26. The summed E-state index contributed by atoms with van der Waals surface area (Å²) in [5, 5.41) is 9.07. The third-order valence-corrected chi connectivity index (χ3v) is 4.32. The van der Waals surface area contributed by atoms with Gasteiger partial charge < -0.3 is 9.84 Å². The van der Waals surface area contributed by atoms with Gasteiger partial charge in [-0.15, -0.1) is 11.3 Å². The summed E-state index contributed by atoms with van der Waals surface area (Å²) in [6.45, 7) is 0. The van der Waals surface area contributed by atoms with Gasteiger partial charge in [-0.05, 0) is 46.3 Å². The zero-order chi connectivity index (χ0) is 13.2. The molecule has 0 amide bonds. The van der Waals surface area contributed by atoms with Crippen molar-refractivity contribution < 1.29 is 4.52 Å². The highest BCUT2D eigenvalue weighted by Gasteiger charge is 2.12. The Kier molecular flexibility index (Phi) is 3.35. The molecule has 1 N–H and O–H groups in total. The summed E-state index contributed by atoms with van der Waals surface area (Å²) >= 11 is 4.99. The molecular formula is C13H10BrN3OS. The van der Waals surface area contributed by atoms with E-state index in [1.165, 1.54) is 0 Å². The van der Waals surface area contributed by atoms with E-state index in [-0.39, 0.29) is 0 Å². The highest BCUT2D eigenvalue weighted by molar-refractivity contribution is 9.10. The van der Waals surface area contributed by atoms with Crippen molar-refractivity contribution in [3.05, 3.63) is 40.2 Å². The van der Waals surface area contributed by atoms with Crippen molar-refractivity contribution in [1.29, 1.82) is 0 Å². The van der Waals surface area contributed by atoms with Gasteiger partial charge in [-0.1, -0.05) is 5.16 Å². The summed E-state index contributed by atoms with van der Waals surface area (Å²) in [6.07, 6.45) is 0. The lowest BCUT2D eigenvalue weighted by atomic mass is 10.2. The summed E-state index contributed by atoms with van der Waals surface area (Å²) in [7, 11) is 1.88. The molecule has 0 fully saturated rings. The maximum atomic E-state index is 5.30. The van der Waals surface area contributed by atoms with Crippen LogP contribution < -0.4 is 5.32 Å². The fourth-order valence-electron chi connectivity index (χ4n) is 1.65. The van der Waals surface area contributed by atoms with E-state index < -0.39 is 0 Å². The van der Waals surface area contributed by atoms with E-state index in [0.29, 0.717) is 11.7 Å². The van der Waals surface area contributed by atoms with E-state index in [0.717, 1.165) is 20.6 Å². The normalized spacial score (nSPS) is 10.6. The van der Waals surface area contributed by atoms with Crippen LogP contribution in [0.4, 0.5) is 5.69 Å². The van der Waals surface area contributed by atoms with Crippen LogP contribution in [0.25, 0.3) is 22.2 Å². The van der Waals surface area contributed by atoms with Crippen LogP contribution in [0.2, 0.25) is 0 Å². The lowest BCUT2D eigenvalue weighted by Gasteiger charge is -1.99. The molecule has 0 atom stereocenters. The first-order valence-corrected chi connectivity index (χ1v) is 7.30. The molecule has 0 saturated heterocycles. The van der Waals surface area contributed by atoms with Gasteiger partial charge in [0.25, 0.3) is 5.89 Å². The maximum Gasteiger partial charge on any atom is 0.258 e. The zero-order valence-corrected chi connectivity index (χ0v) is 12.5. The molecule has 0 unspecified atom stereocenters. The van der Waals surface area contributed by atoms with Gasteiger partial charge in [-0.3, -0.25) is 0 Å². The second kappa shape index (κ2) is 5.14. The minimum absolute atomic E-state index is 0.530. The zero-order valence-electron chi connectivity index (χ0n) is 10.1. The lowest BCUT2D eigenvalue weighted by Crippen LogP contribution is -1.86. The Morgan fingerprint density at radius 1 is 1.26 bits per heavy atom. The Hall–Kier alpha value is -1.66. The van der Waals surface area contributed by atoms with Crippen LogP contribution in [0.3, 0.4) is 0 Å². The van der Waals surface area contributed by atoms with Crippen LogP contribution in [0.5, 0.6) is 0 Å². The molecule has 19 heavy (non-hydrogen) atoms. The number of benzene rings is 1. The lowest BCUT2D eigenvalue weighted by molar-refractivity contribution is 0.432. The van der Waals surface area contributed by atoms with Crippen LogP contribution >= 0.6 is 27.3 Å². The second-order valence-electron chi connectivity index (χ2n) is 3.88. The molecule has 0 aliphatic heterocycles. The van der Waals surface area contributed by atoms with E-state index in [1.54, 1.807) is 11.3 Å². The topological polar surface area (TPSA) is 51.0 Å². The van der Waals surface area contributed by atoms with Crippen LogP contribution in [0.1, 0.15) is 0 Å². The van der Waals surface area contributed by atoms with Crippen LogP contribution in [-0.4, -0.2) is 17.2 Å². The molecule has 0 aliphatic rings. The Morgan fingerprint density at radius 3 is 2.68 bits per heavy atom. The van der Waals surface area contributed by atoms with Crippen molar-refractivity contribution in [2.24, 2.45) is 0 Å². The van der Waals surface area contributed by atoms with Gasteiger partial charge in [0.2, 0.25) is 5.82 Å². The molecule has 3 rings (SSSR count). The van der Waals surface area contributed by atoms with Gasteiger partial charge in [0, 0.05) is 28.2 Å². The number of anilines is 1. The van der Waals surface area contributed by atoms with E-state index in [1.807, 2.05) is 42.8 Å². The summed E-state index contributed by atoms with van der Waals surface area (Å²) in [5.41, 5.74) is 1.96. The summed E-state index contributed by atoms with van der Waals surface area (Å²) in [4.78, 5) is 5.39. The minimum atomic E-state index is 0.530. The Bertz CT molecular complexity index is 690. The largest absolute Gasteiger partial charge is 0.388 e. The molecule has 2 aromatic heterocycles. The molecule has 0 saturated carbocycles. The predicted molar refractivity (Wildman–Crippen MR) is 80.3 cm³/mol. The molecule has 1 aromatic carbocycles. The quantitative estimate of drug-likeness (QED) is 0.776. The van der Waals surface area contributed by atoms with E-state index >= 15 is 0 Å². The molecule has 0 radical (unpaired) electrons. The van der Waals surface area contributed by atoms with Crippen molar-refractivity contribution in [2.75, 3.05) is 12.4 Å². The fraction of sp³-hybridized carbons (Fsp3) is 0.0769. The molecule has 3 aromatic rings. The van der Waals surface area contributed by atoms with E-state index in [4.69, 9.17) is 4.52 Å². The molecule has 0 spiro atoms. The highest BCUT2D eigenvalue weighted by atomic mass is 79.9. The van der Waals surface area contributed by atoms with Crippen molar-refractivity contribution in [2.45, 2.75) is 0 Å². The van der Waals surface area contributed by atoms with E-state index in [9.17, 15) is 0 Å². The molecule has 96 valence electrons. The van der Waals surface area contributed by atoms with Crippen molar-refractivity contribution in [1.82, 2.24) is 10.1 Å². The monoisotopic (exact) mass is 335 g/mol. The first-order valence-electron chi connectivity index (χ1n) is 5.62. The number of rotatable bonds is 3. The van der Waals surface area contributed by atoms with Crippen LogP contribution in [0, 0.1) is 0 Å². The third kappa shape index (κ3) is 2.54. The average Bonchev–Trinajstić information content (AvgIpc) is 3.07. The Morgan fingerprint density at radius 2 is 2.05 bits per heavy atom. The number of hydrogen-bond donors (Lipinski definition) is 1. The highest BCUT2D eigenvalue weighted by Crippen LogP contribution is 2.29. The molecule has 0 bridgehead atoms. The second-order valence-corrected chi connectivity index (χ2v) is 5.71. The number of aromatic nitrogens is 2.